The summed E-state index contributed by atoms with van der Waals surface area (Å²) in [6.45, 7) is 5.26. The number of amides is 1. The Morgan fingerprint density at radius 2 is 1.85 bits per heavy atom. The molecule has 1 aliphatic rings. The third-order valence-corrected chi connectivity index (χ3v) is 5.42. The highest BCUT2D eigenvalue weighted by Crippen LogP contribution is 2.22. The first-order valence-electron chi connectivity index (χ1n) is 9.20. The fourth-order valence-corrected chi connectivity index (χ4v) is 3.53. The second kappa shape index (κ2) is 7.68. The molecule has 1 aromatic carbocycles. The summed E-state index contributed by atoms with van der Waals surface area (Å²) in [5, 5.41) is 9.64. The van der Waals surface area contributed by atoms with Gasteiger partial charge in [-0.1, -0.05) is 0 Å². The number of carbonyl (C=O) groups excluding carboxylic acids is 1. The standard InChI is InChI=1S/C20H28N4O2/c1-13-14(2)22-19-9-16(6-8-18(19)21-13)20(26)24-10-15(12-25)5-7-17(11-24)23(3)4/h6,8-9,15,17,25H,5,7,10-12H2,1-4H3/t15-,17+/m0/s1. The van der Waals surface area contributed by atoms with Gasteiger partial charge in [-0.2, -0.15) is 0 Å². The van der Waals surface area contributed by atoms with Crippen molar-refractivity contribution in [3.05, 3.63) is 35.2 Å². The highest BCUT2D eigenvalue weighted by atomic mass is 16.3. The van der Waals surface area contributed by atoms with Crippen LogP contribution in [-0.4, -0.2) is 70.6 Å². The number of hydrogen-bond acceptors (Lipinski definition) is 5. The van der Waals surface area contributed by atoms with Gasteiger partial charge in [-0.15, -0.1) is 0 Å². The first-order chi connectivity index (χ1) is 12.4. The zero-order valence-corrected chi connectivity index (χ0v) is 16.1. The molecule has 0 bridgehead atoms. The molecule has 0 radical (unpaired) electrons. The van der Waals surface area contributed by atoms with Crippen LogP contribution in [-0.2, 0) is 0 Å². The predicted octanol–water partition coefficient (Wildman–Crippen LogP) is 2.02. The van der Waals surface area contributed by atoms with Crippen LogP contribution in [0, 0.1) is 19.8 Å². The van der Waals surface area contributed by atoms with Crippen LogP contribution in [0.15, 0.2) is 18.2 Å². The molecule has 0 unspecified atom stereocenters. The number of aliphatic hydroxyl groups is 1. The molecule has 1 aliphatic heterocycles. The van der Waals surface area contributed by atoms with E-state index in [1.165, 1.54) is 0 Å². The van der Waals surface area contributed by atoms with Gasteiger partial charge in [0, 0.05) is 31.3 Å². The Balaban J connectivity index is 1.90. The van der Waals surface area contributed by atoms with E-state index in [1.807, 2.05) is 51.0 Å². The number of likely N-dealkylation sites (tertiary alicyclic amines) is 1. The van der Waals surface area contributed by atoms with Gasteiger partial charge in [-0.3, -0.25) is 4.79 Å². The second-order valence-electron chi connectivity index (χ2n) is 7.55. The monoisotopic (exact) mass is 356 g/mol. The molecular weight excluding hydrogens is 328 g/mol. The topological polar surface area (TPSA) is 69.6 Å². The molecule has 0 aliphatic carbocycles. The van der Waals surface area contributed by atoms with Crippen LogP contribution >= 0.6 is 0 Å². The molecule has 26 heavy (non-hydrogen) atoms. The number of aryl methyl sites for hydroxylation is 2. The predicted molar refractivity (Wildman–Crippen MR) is 102 cm³/mol. The maximum atomic E-state index is 13.2. The van der Waals surface area contributed by atoms with E-state index in [2.05, 4.69) is 14.9 Å². The van der Waals surface area contributed by atoms with E-state index in [0.29, 0.717) is 24.7 Å². The van der Waals surface area contributed by atoms with Crippen molar-refractivity contribution in [3.8, 4) is 0 Å². The van der Waals surface area contributed by atoms with Gasteiger partial charge in [0.2, 0.25) is 0 Å². The number of likely N-dealkylation sites (N-methyl/N-ethyl adjacent to an activating group) is 1. The number of aromatic nitrogens is 2. The van der Waals surface area contributed by atoms with E-state index in [1.54, 1.807) is 0 Å². The molecule has 1 saturated heterocycles. The fourth-order valence-electron chi connectivity index (χ4n) is 3.53. The molecule has 140 valence electrons. The van der Waals surface area contributed by atoms with E-state index in [4.69, 9.17) is 0 Å². The number of fused-ring (bicyclic) bond motifs is 1. The van der Waals surface area contributed by atoms with Gasteiger partial charge < -0.3 is 14.9 Å². The second-order valence-corrected chi connectivity index (χ2v) is 7.55. The summed E-state index contributed by atoms with van der Waals surface area (Å²) < 4.78 is 0. The molecule has 2 atom stereocenters. The number of carbonyl (C=O) groups is 1. The minimum Gasteiger partial charge on any atom is -0.396 e. The van der Waals surface area contributed by atoms with Gasteiger partial charge in [0.15, 0.2) is 0 Å². The van der Waals surface area contributed by atoms with Crippen molar-refractivity contribution in [2.75, 3.05) is 33.8 Å². The Bertz CT molecular complexity index is 806. The first kappa shape index (κ1) is 18.7. The summed E-state index contributed by atoms with van der Waals surface area (Å²) in [5.41, 5.74) is 3.97. The van der Waals surface area contributed by atoms with Crippen molar-refractivity contribution in [3.63, 3.8) is 0 Å². The molecule has 2 aromatic rings. The Morgan fingerprint density at radius 3 is 2.50 bits per heavy atom. The maximum absolute atomic E-state index is 13.2. The van der Waals surface area contributed by atoms with Gasteiger partial charge in [0.05, 0.1) is 22.4 Å². The maximum Gasteiger partial charge on any atom is 0.253 e. The third-order valence-electron chi connectivity index (χ3n) is 5.42. The minimum absolute atomic E-state index is 0.000807. The SMILES string of the molecule is Cc1nc2ccc(C(=O)N3C[C@@H](CO)CC[C@@H](N(C)C)C3)cc2nc1C. The molecule has 3 rings (SSSR count). The highest BCUT2D eigenvalue weighted by Gasteiger charge is 2.28. The van der Waals surface area contributed by atoms with Crippen LogP contribution in [0.3, 0.4) is 0 Å². The summed E-state index contributed by atoms with van der Waals surface area (Å²) in [5.74, 6) is 0.133. The lowest BCUT2D eigenvalue weighted by Gasteiger charge is -2.29. The largest absolute Gasteiger partial charge is 0.396 e. The van der Waals surface area contributed by atoms with Crippen LogP contribution in [0.4, 0.5) is 0 Å². The fraction of sp³-hybridized carbons (Fsp3) is 0.550. The van der Waals surface area contributed by atoms with E-state index in [0.717, 1.165) is 35.3 Å². The molecule has 6 nitrogen and oxygen atoms in total. The van der Waals surface area contributed by atoms with Gasteiger partial charge in [0.1, 0.15) is 0 Å². The number of hydrogen-bond donors (Lipinski definition) is 1. The Hall–Kier alpha value is -2.05. The molecular formula is C20H28N4O2. The van der Waals surface area contributed by atoms with Crippen molar-refractivity contribution in [1.29, 1.82) is 0 Å². The third kappa shape index (κ3) is 3.86. The quantitative estimate of drug-likeness (QED) is 0.911. The van der Waals surface area contributed by atoms with E-state index < -0.39 is 0 Å². The van der Waals surface area contributed by atoms with Crippen molar-refractivity contribution < 1.29 is 9.90 Å². The van der Waals surface area contributed by atoms with Gasteiger partial charge in [0.25, 0.3) is 5.91 Å². The number of aliphatic hydroxyl groups excluding tert-OH is 1. The molecule has 6 heteroatoms. The van der Waals surface area contributed by atoms with E-state index >= 15 is 0 Å². The smallest absolute Gasteiger partial charge is 0.253 e. The normalized spacial score (nSPS) is 21.2. The van der Waals surface area contributed by atoms with Crippen LogP contribution in [0.1, 0.15) is 34.6 Å². The zero-order chi connectivity index (χ0) is 18.8. The van der Waals surface area contributed by atoms with Gasteiger partial charge in [-0.05, 0) is 64.9 Å². The molecule has 0 saturated carbocycles. The molecule has 1 N–H and O–H groups in total. The van der Waals surface area contributed by atoms with E-state index in [-0.39, 0.29) is 18.4 Å². The number of nitrogens with zero attached hydrogens (tertiary/aromatic N) is 4. The van der Waals surface area contributed by atoms with E-state index in [9.17, 15) is 9.90 Å². The van der Waals surface area contributed by atoms with Crippen molar-refractivity contribution >= 4 is 16.9 Å². The summed E-state index contributed by atoms with van der Waals surface area (Å²) in [4.78, 5) is 26.3. The molecule has 2 heterocycles. The zero-order valence-electron chi connectivity index (χ0n) is 16.1. The highest BCUT2D eigenvalue weighted by molar-refractivity contribution is 5.97. The van der Waals surface area contributed by atoms with Crippen LogP contribution in [0.2, 0.25) is 0 Å². The van der Waals surface area contributed by atoms with Crippen molar-refractivity contribution in [2.45, 2.75) is 32.7 Å². The molecule has 1 amide bonds. The Morgan fingerprint density at radius 1 is 1.15 bits per heavy atom. The Kier molecular flexibility index (Phi) is 5.53. The summed E-state index contributed by atoms with van der Waals surface area (Å²) in [6.07, 6.45) is 1.93. The molecule has 0 spiro atoms. The lowest BCUT2D eigenvalue weighted by Crippen LogP contribution is -2.42. The summed E-state index contributed by atoms with van der Waals surface area (Å²) in [6, 6.07) is 5.84. The Labute approximate surface area is 154 Å². The van der Waals surface area contributed by atoms with Crippen LogP contribution < -0.4 is 0 Å². The lowest BCUT2D eigenvalue weighted by atomic mass is 10.0. The summed E-state index contributed by atoms with van der Waals surface area (Å²) >= 11 is 0. The van der Waals surface area contributed by atoms with Crippen molar-refractivity contribution in [2.24, 2.45) is 5.92 Å². The minimum atomic E-state index is -0.000807. The number of benzene rings is 1. The van der Waals surface area contributed by atoms with Crippen molar-refractivity contribution in [1.82, 2.24) is 19.8 Å². The lowest BCUT2D eigenvalue weighted by molar-refractivity contribution is 0.0689. The van der Waals surface area contributed by atoms with Crippen LogP contribution in [0.25, 0.3) is 11.0 Å². The average molecular weight is 356 g/mol. The molecule has 1 fully saturated rings. The molecule has 1 aromatic heterocycles. The van der Waals surface area contributed by atoms with Crippen LogP contribution in [0.5, 0.6) is 0 Å². The van der Waals surface area contributed by atoms with Gasteiger partial charge in [-0.25, -0.2) is 9.97 Å². The number of rotatable bonds is 3. The average Bonchev–Trinajstić information content (AvgIpc) is 2.84. The first-order valence-corrected chi connectivity index (χ1v) is 9.20. The van der Waals surface area contributed by atoms with Gasteiger partial charge >= 0.3 is 0 Å². The summed E-state index contributed by atoms with van der Waals surface area (Å²) in [7, 11) is 4.09.